The number of halogens is 2. The second-order valence-electron chi connectivity index (χ2n) is 4.20. The van der Waals surface area contributed by atoms with E-state index in [9.17, 15) is 4.79 Å². The van der Waals surface area contributed by atoms with Gasteiger partial charge in [-0.25, -0.2) is 0 Å². The van der Waals surface area contributed by atoms with Crippen LogP contribution in [0.15, 0.2) is 13.6 Å². The van der Waals surface area contributed by atoms with E-state index in [1.165, 1.54) is 11.3 Å². The van der Waals surface area contributed by atoms with Crippen molar-refractivity contribution in [1.82, 2.24) is 10.6 Å². The molecule has 0 radical (unpaired) electrons. The normalized spacial score (nSPS) is 24.6. The topological polar surface area (TPSA) is 41.1 Å². The Morgan fingerprint density at radius 1 is 1.59 bits per heavy atom. The summed E-state index contributed by atoms with van der Waals surface area (Å²) in [6.45, 7) is 3.16. The summed E-state index contributed by atoms with van der Waals surface area (Å²) in [6, 6.07) is 2.42. The lowest BCUT2D eigenvalue weighted by Gasteiger charge is -2.30. The van der Waals surface area contributed by atoms with Crippen LogP contribution in [-0.4, -0.2) is 24.5 Å². The molecular formula is C11H14Br2N2OS. The molecule has 3 nitrogen and oxygen atoms in total. The zero-order chi connectivity index (χ0) is 12.4. The third-order valence-corrected chi connectivity index (χ3v) is 5.32. The molecule has 94 valence electrons. The molecule has 17 heavy (non-hydrogen) atoms. The summed E-state index contributed by atoms with van der Waals surface area (Å²) in [5.74, 6) is -0.000579. The lowest BCUT2D eigenvalue weighted by atomic mass is 9.99. The number of thiophene rings is 1. The van der Waals surface area contributed by atoms with E-state index in [-0.39, 0.29) is 11.9 Å². The summed E-state index contributed by atoms with van der Waals surface area (Å²) >= 11 is 8.31. The van der Waals surface area contributed by atoms with Gasteiger partial charge in [0.2, 0.25) is 0 Å². The smallest absolute Gasteiger partial charge is 0.253 e. The molecule has 0 spiro atoms. The molecule has 2 heterocycles. The fourth-order valence-electron chi connectivity index (χ4n) is 1.98. The van der Waals surface area contributed by atoms with E-state index in [1.807, 2.05) is 6.07 Å². The molecule has 1 saturated heterocycles. The molecule has 1 aromatic heterocycles. The number of hydrogen-bond donors (Lipinski definition) is 2. The number of rotatable bonds is 2. The average Bonchev–Trinajstić information content (AvgIpc) is 2.61. The van der Waals surface area contributed by atoms with Crippen LogP contribution in [0, 0.1) is 0 Å². The molecule has 0 bridgehead atoms. The minimum absolute atomic E-state index is 0.000579. The maximum atomic E-state index is 12.1. The molecule has 0 aromatic carbocycles. The van der Waals surface area contributed by atoms with E-state index in [0.29, 0.717) is 11.6 Å². The third kappa shape index (κ3) is 3.30. The van der Waals surface area contributed by atoms with Gasteiger partial charge >= 0.3 is 0 Å². The van der Waals surface area contributed by atoms with Crippen molar-refractivity contribution in [2.24, 2.45) is 0 Å². The van der Waals surface area contributed by atoms with Gasteiger partial charge in [-0.05, 0) is 64.2 Å². The first-order valence-electron chi connectivity index (χ1n) is 5.57. The van der Waals surface area contributed by atoms with Gasteiger partial charge in [-0.1, -0.05) is 0 Å². The van der Waals surface area contributed by atoms with Gasteiger partial charge in [-0.2, -0.15) is 0 Å². The van der Waals surface area contributed by atoms with Gasteiger partial charge in [0.25, 0.3) is 5.91 Å². The van der Waals surface area contributed by atoms with Gasteiger partial charge in [-0.15, -0.1) is 11.3 Å². The van der Waals surface area contributed by atoms with E-state index in [1.54, 1.807) is 0 Å². The van der Waals surface area contributed by atoms with Crippen LogP contribution < -0.4 is 10.6 Å². The molecule has 1 amide bonds. The maximum Gasteiger partial charge on any atom is 0.253 e. The maximum absolute atomic E-state index is 12.1. The Morgan fingerprint density at radius 2 is 2.35 bits per heavy atom. The second-order valence-corrected chi connectivity index (χ2v) is 7.95. The van der Waals surface area contributed by atoms with Gasteiger partial charge < -0.3 is 10.6 Å². The van der Waals surface area contributed by atoms with E-state index in [4.69, 9.17) is 0 Å². The van der Waals surface area contributed by atoms with E-state index >= 15 is 0 Å². The second kappa shape index (κ2) is 5.82. The van der Waals surface area contributed by atoms with Crippen LogP contribution >= 0.6 is 43.2 Å². The van der Waals surface area contributed by atoms with Crippen molar-refractivity contribution >= 4 is 49.1 Å². The highest BCUT2D eigenvalue weighted by molar-refractivity contribution is 9.12. The van der Waals surface area contributed by atoms with Crippen LogP contribution in [0.25, 0.3) is 0 Å². The number of amides is 1. The highest BCUT2D eigenvalue weighted by Crippen LogP contribution is 2.31. The summed E-state index contributed by atoms with van der Waals surface area (Å²) in [4.78, 5) is 12.1. The molecule has 2 N–H and O–H groups in total. The zero-order valence-electron chi connectivity index (χ0n) is 9.43. The first-order valence-corrected chi connectivity index (χ1v) is 7.97. The van der Waals surface area contributed by atoms with Crippen molar-refractivity contribution in [3.63, 3.8) is 0 Å². The average molecular weight is 382 g/mol. The van der Waals surface area contributed by atoms with Crippen LogP contribution in [0.3, 0.4) is 0 Å². The predicted molar refractivity (Wildman–Crippen MR) is 77.7 cm³/mol. The summed E-state index contributed by atoms with van der Waals surface area (Å²) in [5.41, 5.74) is 0.708. The minimum atomic E-state index is -0.000579. The van der Waals surface area contributed by atoms with E-state index < -0.39 is 0 Å². The Hall–Kier alpha value is 0.0900. The summed E-state index contributed by atoms with van der Waals surface area (Å²) in [7, 11) is 0. The molecule has 2 rings (SSSR count). The molecule has 1 fully saturated rings. The largest absolute Gasteiger partial charge is 0.348 e. The van der Waals surface area contributed by atoms with Crippen LogP contribution in [-0.2, 0) is 0 Å². The van der Waals surface area contributed by atoms with E-state index in [0.717, 1.165) is 27.0 Å². The first-order chi connectivity index (χ1) is 8.08. The summed E-state index contributed by atoms with van der Waals surface area (Å²) in [6.07, 6.45) is 2.16. The highest BCUT2D eigenvalue weighted by atomic mass is 79.9. The lowest BCUT2D eigenvalue weighted by molar-refractivity contribution is 0.0919. The van der Waals surface area contributed by atoms with Crippen LogP contribution in [0.2, 0.25) is 0 Å². The molecule has 1 aliphatic heterocycles. The van der Waals surface area contributed by atoms with Crippen molar-refractivity contribution in [1.29, 1.82) is 0 Å². The van der Waals surface area contributed by atoms with Crippen LogP contribution in [0.1, 0.15) is 30.1 Å². The summed E-state index contributed by atoms with van der Waals surface area (Å²) in [5, 5.41) is 6.47. The van der Waals surface area contributed by atoms with Crippen molar-refractivity contribution in [3.8, 4) is 0 Å². The Bertz CT molecular complexity index is 422. The number of nitrogens with one attached hydrogen (secondary N) is 2. The molecule has 0 aliphatic carbocycles. The molecule has 1 aliphatic rings. The Kier molecular flexibility index (Phi) is 4.63. The Morgan fingerprint density at radius 3 is 2.94 bits per heavy atom. The molecule has 2 unspecified atom stereocenters. The fourth-order valence-corrected chi connectivity index (χ4v) is 4.78. The highest BCUT2D eigenvalue weighted by Gasteiger charge is 2.24. The van der Waals surface area contributed by atoms with Gasteiger partial charge in [0.05, 0.1) is 13.1 Å². The van der Waals surface area contributed by atoms with Crippen molar-refractivity contribution in [3.05, 3.63) is 19.2 Å². The van der Waals surface area contributed by atoms with Gasteiger partial charge in [0.1, 0.15) is 0 Å². The van der Waals surface area contributed by atoms with Gasteiger partial charge in [0.15, 0.2) is 0 Å². The molecule has 0 saturated carbocycles. The molecule has 2 atom stereocenters. The zero-order valence-corrected chi connectivity index (χ0v) is 13.4. The monoisotopic (exact) mass is 380 g/mol. The quantitative estimate of drug-likeness (QED) is 0.826. The number of hydrogen-bond acceptors (Lipinski definition) is 3. The van der Waals surface area contributed by atoms with Gasteiger partial charge in [-0.3, -0.25) is 4.79 Å². The molecular weight excluding hydrogens is 368 g/mol. The van der Waals surface area contributed by atoms with E-state index in [2.05, 4.69) is 49.4 Å². The molecule has 6 heteroatoms. The first kappa shape index (κ1) is 13.5. The van der Waals surface area contributed by atoms with Crippen molar-refractivity contribution in [2.75, 3.05) is 6.54 Å². The fraction of sp³-hybridized carbons (Fsp3) is 0.545. The number of carbonyl (C=O) groups excluding carboxylic acids is 1. The van der Waals surface area contributed by atoms with Crippen LogP contribution in [0.5, 0.6) is 0 Å². The standard InChI is InChI=1S/C11H14Br2N2OS/c1-6-8(3-2-4-14-6)15-11(16)7-5-9(12)17-10(7)13/h5-6,8,14H,2-4H2,1H3,(H,15,16). The van der Waals surface area contributed by atoms with Crippen molar-refractivity contribution in [2.45, 2.75) is 31.8 Å². The minimum Gasteiger partial charge on any atom is -0.348 e. The van der Waals surface area contributed by atoms with Gasteiger partial charge in [0, 0.05) is 12.1 Å². The summed E-state index contributed by atoms with van der Waals surface area (Å²) < 4.78 is 1.84. The number of carbonyl (C=O) groups is 1. The Labute approximate surface area is 122 Å². The van der Waals surface area contributed by atoms with Crippen molar-refractivity contribution < 1.29 is 4.79 Å². The number of piperidine rings is 1. The lowest BCUT2D eigenvalue weighted by Crippen LogP contribution is -2.51. The third-order valence-electron chi connectivity index (χ3n) is 2.98. The predicted octanol–water partition coefficient (Wildman–Crippen LogP) is 3.14. The molecule has 1 aromatic rings. The Balaban J connectivity index is 2.03. The SMILES string of the molecule is CC1NCCCC1NC(=O)c1cc(Br)sc1Br. The van der Waals surface area contributed by atoms with Crippen LogP contribution in [0.4, 0.5) is 0 Å².